The quantitative estimate of drug-likeness (QED) is 0.524. The van der Waals surface area contributed by atoms with Gasteiger partial charge in [-0.05, 0) is 25.7 Å². The minimum Gasteiger partial charge on any atom is -0.378 e. The average molecular weight is 125 g/mol. The van der Waals surface area contributed by atoms with Crippen LogP contribution in [-0.4, -0.2) is 12.7 Å². The van der Waals surface area contributed by atoms with E-state index in [1.807, 2.05) is 6.08 Å². The maximum atomic E-state index is 5.35. The van der Waals surface area contributed by atoms with Crippen molar-refractivity contribution in [1.82, 2.24) is 0 Å². The molecule has 0 spiro atoms. The molecule has 0 N–H and O–H groups in total. The Kier molecular flexibility index (Phi) is 2.78. The molecule has 1 saturated heterocycles. The monoisotopic (exact) mass is 125 g/mol. The van der Waals surface area contributed by atoms with Crippen molar-refractivity contribution < 1.29 is 4.74 Å². The van der Waals surface area contributed by atoms with Crippen molar-refractivity contribution >= 4 is 0 Å². The Morgan fingerprint density at radius 2 is 2.56 bits per heavy atom. The summed E-state index contributed by atoms with van der Waals surface area (Å²) in [7, 11) is 0. The second-order valence-electron chi connectivity index (χ2n) is 2.31. The van der Waals surface area contributed by atoms with E-state index in [4.69, 9.17) is 4.74 Å². The standard InChI is InChI=1S/C8H13O/c1-2-3-5-8-6-4-7-9-8/h2,5,8H,1,3-4,6-7H2/t8-/m1/s1. The Morgan fingerprint density at radius 1 is 1.67 bits per heavy atom. The van der Waals surface area contributed by atoms with Crippen molar-refractivity contribution in [2.24, 2.45) is 0 Å². The van der Waals surface area contributed by atoms with Gasteiger partial charge in [0.15, 0.2) is 0 Å². The Morgan fingerprint density at radius 3 is 3.11 bits per heavy atom. The molecule has 0 aromatic heterocycles. The van der Waals surface area contributed by atoms with Gasteiger partial charge in [0.1, 0.15) is 0 Å². The molecule has 9 heavy (non-hydrogen) atoms. The smallest absolute Gasteiger partial charge is 0.0610 e. The molecule has 1 rings (SSSR count). The van der Waals surface area contributed by atoms with Gasteiger partial charge in [0.2, 0.25) is 0 Å². The van der Waals surface area contributed by atoms with Crippen LogP contribution in [-0.2, 0) is 4.74 Å². The molecule has 0 aliphatic carbocycles. The van der Waals surface area contributed by atoms with E-state index in [1.54, 1.807) is 0 Å². The van der Waals surface area contributed by atoms with Crippen molar-refractivity contribution in [3.63, 3.8) is 0 Å². The molecule has 0 amide bonds. The van der Waals surface area contributed by atoms with Gasteiger partial charge in [-0.1, -0.05) is 6.08 Å². The summed E-state index contributed by atoms with van der Waals surface area (Å²) in [6.45, 7) is 4.58. The largest absolute Gasteiger partial charge is 0.378 e. The van der Waals surface area contributed by atoms with E-state index in [0.29, 0.717) is 6.10 Å². The van der Waals surface area contributed by atoms with Crippen LogP contribution in [0.5, 0.6) is 0 Å². The lowest BCUT2D eigenvalue weighted by Gasteiger charge is -2.04. The van der Waals surface area contributed by atoms with E-state index in [9.17, 15) is 0 Å². The van der Waals surface area contributed by atoms with Crippen molar-refractivity contribution in [3.8, 4) is 0 Å². The lowest BCUT2D eigenvalue weighted by molar-refractivity contribution is 0.133. The maximum Gasteiger partial charge on any atom is 0.0610 e. The van der Waals surface area contributed by atoms with Gasteiger partial charge in [-0.25, -0.2) is 0 Å². The Bertz CT molecular complexity index is 82.6. The highest BCUT2D eigenvalue weighted by molar-refractivity contribution is 4.86. The predicted octanol–water partition coefficient (Wildman–Crippen LogP) is 1.95. The zero-order valence-corrected chi connectivity index (χ0v) is 5.68. The molecule has 1 aliphatic rings. The highest BCUT2D eigenvalue weighted by Crippen LogP contribution is 2.15. The second-order valence-corrected chi connectivity index (χ2v) is 2.31. The van der Waals surface area contributed by atoms with Gasteiger partial charge in [0.25, 0.3) is 0 Å². The molecule has 0 unspecified atom stereocenters. The van der Waals surface area contributed by atoms with Gasteiger partial charge < -0.3 is 4.74 Å². The Labute approximate surface area is 56.7 Å². The lowest BCUT2D eigenvalue weighted by atomic mass is 10.1. The van der Waals surface area contributed by atoms with Crippen LogP contribution in [0.2, 0.25) is 0 Å². The van der Waals surface area contributed by atoms with E-state index < -0.39 is 0 Å². The molecule has 0 aromatic rings. The zero-order chi connectivity index (χ0) is 6.53. The number of allylic oxidation sites excluding steroid dienone is 1. The van der Waals surface area contributed by atoms with Crippen LogP contribution in [0, 0.1) is 6.42 Å². The molecule has 0 aromatic carbocycles. The minimum absolute atomic E-state index is 0.419. The minimum atomic E-state index is 0.419. The van der Waals surface area contributed by atoms with E-state index in [-0.39, 0.29) is 0 Å². The average Bonchev–Trinajstić information content (AvgIpc) is 2.34. The fraction of sp³-hybridized carbons (Fsp3) is 0.625. The number of hydrogen-bond acceptors (Lipinski definition) is 1. The Hall–Kier alpha value is -0.300. The van der Waals surface area contributed by atoms with Crippen molar-refractivity contribution in [1.29, 1.82) is 0 Å². The van der Waals surface area contributed by atoms with Gasteiger partial charge in [0, 0.05) is 6.61 Å². The van der Waals surface area contributed by atoms with Gasteiger partial charge >= 0.3 is 0 Å². The first-order valence-corrected chi connectivity index (χ1v) is 3.49. The summed E-state index contributed by atoms with van der Waals surface area (Å²) in [5, 5.41) is 0. The summed E-state index contributed by atoms with van der Waals surface area (Å²) < 4.78 is 5.35. The number of hydrogen-bond donors (Lipinski definition) is 0. The SMILES string of the molecule is C=CC[CH][C@@H]1CCCO1. The molecular formula is C8H13O. The first-order valence-electron chi connectivity index (χ1n) is 3.49. The number of ether oxygens (including phenoxy) is 1. The summed E-state index contributed by atoms with van der Waals surface area (Å²) >= 11 is 0. The fourth-order valence-corrected chi connectivity index (χ4v) is 1.04. The molecule has 1 aliphatic heterocycles. The summed E-state index contributed by atoms with van der Waals surface area (Å²) in [5.41, 5.74) is 0. The van der Waals surface area contributed by atoms with Crippen LogP contribution in [0.15, 0.2) is 12.7 Å². The van der Waals surface area contributed by atoms with Gasteiger partial charge in [-0.15, -0.1) is 6.58 Å². The van der Waals surface area contributed by atoms with E-state index >= 15 is 0 Å². The van der Waals surface area contributed by atoms with E-state index in [2.05, 4.69) is 13.0 Å². The number of rotatable bonds is 3. The van der Waals surface area contributed by atoms with Crippen LogP contribution in [0.1, 0.15) is 19.3 Å². The topological polar surface area (TPSA) is 9.23 Å². The van der Waals surface area contributed by atoms with Crippen LogP contribution in [0.3, 0.4) is 0 Å². The third-order valence-corrected chi connectivity index (χ3v) is 1.53. The molecule has 1 atom stereocenters. The predicted molar refractivity (Wildman–Crippen MR) is 38.1 cm³/mol. The summed E-state index contributed by atoms with van der Waals surface area (Å²) in [6.07, 6.45) is 7.90. The van der Waals surface area contributed by atoms with Crippen LogP contribution in [0.25, 0.3) is 0 Å². The summed E-state index contributed by atoms with van der Waals surface area (Å²) in [6, 6.07) is 0. The first-order chi connectivity index (χ1) is 4.43. The third-order valence-electron chi connectivity index (χ3n) is 1.53. The van der Waals surface area contributed by atoms with Crippen molar-refractivity contribution in [3.05, 3.63) is 19.1 Å². The van der Waals surface area contributed by atoms with Gasteiger partial charge in [0.05, 0.1) is 6.10 Å². The molecule has 1 heteroatoms. The molecule has 0 saturated carbocycles. The molecule has 1 heterocycles. The third kappa shape index (κ3) is 2.19. The van der Waals surface area contributed by atoms with Crippen molar-refractivity contribution in [2.75, 3.05) is 6.61 Å². The maximum absolute atomic E-state index is 5.35. The highest BCUT2D eigenvalue weighted by atomic mass is 16.5. The molecule has 1 radical (unpaired) electrons. The van der Waals surface area contributed by atoms with Crippen LogP contribution < -0.4 is 0 Å². The molecule has 1 nitrogen and oxygen atoms in total. The van der Waals surface area contributed by atoms with Crippen LogP contribution in [0.4, 0.5) is 0 Å². The van der Waals surface area contributed by atoms with Crippen molar-refractivity contribution in [2.45, 2.75) is 25.4 Å². The fourth-order valence-electron chi connectivity index (χ4n) is 1.04. The van der Waals surface area contributed by atoms with E-state index in [0.717, 1.165) is 13.0 Å². The van der Waals surface area contributed by atoms with Gasteiger partial charge in [-0.3, -0.25) is 0 Å². The second kappa shape index (κ2) is 3.67. The molecule has 1 fully saturated rings. The zero-order valence-electron chi connectivity index (χ0n) is 5.68. The lowest BCUT2D eigenvalue weighted by Crippen LogP contribution is -2.03. The summed E-state index contributed by atoms with van der Waals surface area (Å²) in [4.78, 5) is 0. The highest BCUT2D eigenvalue weighted by Gasteiger charge is 2.13. The Balaban J connectivity index is 2.04. The van der Waals surface area contributed by atoms with Crippen LogP contribution >= 0.6 is 0 Å². The first kappa shape index (κ1) is 6.81. The van der Waals surface area contributed by atoms with Gasteiger partial charge in [-0.2, -0.15) is 0 Å². The molecular weight excluding hydrogens is 112 g/mol. The normalized spacial score (nSPS) is 26.4. The summed E-state index contributed by atoms with van der Waals surface area (Å²) in [5.74, 6) is 0. The molecule has 51 valence electrons. The molecule has 0 bridgehead atoms. The van der Waals surface area contributed by atoms with E-state index in [1.165, 1.54) is 12.8 Å².